The molecule has 0 spiro atoms. The largest absolute Gasteiger partial charge is 0.311 e. The van der Waals surface area contributed by atoms with Gasteiger partial charge in [-0.15, -0.1) is 0 Å². The van der Waals surface area contributed by atoms with E-state index in [2.05, 4.69) is 17.1 Å². The van der Waals surface area contributed by atoms with Gasteiger partial charge in [0.1, 0.15) is 9.84 Å². The van der Waals surface area contributed by atoms with Crippen molar-refractivity contribution < 1.29 is 8.42 Å². The van der Waals surface area contributed by atoms with Crippen molar-refractivity contribution in [3.05, 3.63) is 0 Å². The molecule has 1 saturated heterocycles. The number of nitrogens with zero attached hydrogens (tertiary/aromatic N) is 1. The monoisotopic (exact) mass is 302 g/mol. The van der Waals surface area contributed by atoms with Crippen molar-refractivity contribution in [2.24, 2.45) is 0 Å². The minimum atomic E-state index is -2.86. The predicted octanol–water partition coefficient (Wildman–Crippen LogP) is 1.81. The van der Waals surface area contributed by atoms with Crippen molar-refractivity contribution >= 4 is 9.84 Å². The molecule has 0 radical (unpaired) electrons. The van der Waals surface area contributed by atoms with Gasteiger partial charge in [0.15, 0.2) is 0 Å². The Bertz CT molecular complexity index is 389. The zero-order chi connectivity index (χ0) is 14.6. The molecular weight excluding hydrogens is 272 g/mol. The molecule has 2 fully saturated rings. The van der Waals surface area contributed by atoms with Gasteiger partial charge < -0.3 is 10.2 Å². The summed E-state index contributed by atoms with van der Waals surface area (Å²) in [6, 6.07) is 0.998. The van der Waals surface area contributed by atoms with Crippen molar-refractivity contribution in [2.75, 3.05) is 25.9 Å². The number of piperidine rings is 1. The topological polar surface area (TPSA) is 49.4 Å². The third-order valence-corrected chi connectivity index (χ3v) is 6.47. The van der Waals surface area contributed by atoms with Crippen LogP contribution in [0.4, 0.5) is 0 Å². The number of hydrogen-bond donors (Lipinski definition) is 1. The highest BCUT2D eigenvalue weighted by Crippen LogP contribution is 2.25. The van der Waals surface area contributed by atoms with Gasteiger partial charge in [0.05, 0.1) is 5.25 Å². The maximum atomic E-state index is 11.7. The van der Waals surface area contributed by atoms with Crippen LogP contribution in [0.15, 0.2) is 0 Å². The summed E-state index contributed by atoms with van der Waals surface area (Å²) in [6.07, 6.45) is 8.89. The zero-order valence-electron chi connectivity index (χ0n) is 13.0. The molecule has 0 bridgehead atoms. The zero-order valence-corrected chi connectivity index (χ0v) is 13.8. The van der Waals surface area contributed by atoms with Gasteiger partial charge in [0.2, 0.25) is 0 Å². The van der Waals surface area contributed by atoms with E-state index < -0.39 is 9.84 Å². The maximum absolute atomic E-state index is 11.7. The van der Waals surface area contributed by atoms with E-state index in [1.165, 1.54) is 45.2 Å². The Morgan fingerprint density at radius 1 is 1.10 bits per heavy atom. The van der Waals surface area contributed by atoms with E-state index in [0.29, 0.717) is 12.1 Å². The number of hydrogen-bond acceptors (Lipinski definition) is 4. The fourth-order valence-electron chi connectivity index (χ4n) is 3.66. The summed E-state index contributed by atoms with van der Waals surface area (Å²) in [4.78, 5) is 2.54. The van der Waals surface area contributed by atoms with E-state index in [1.54, 1.807) is 0 Å². The summed E-state index contributed by atoms with van der Waals surface area (Å²) in [5.74, 6) is 0. The molecule has 1 aliphatic carbocycles. The van der Waals surface area contributed by atoms with Gasteiger partial charge in [-0.05, 0) is 58.2 Å². The molecule has 2 aliphatic rings. The number of nitrogens with one attached hydrogen (secondary N) is 1. The maximum Gasteiger partial charge on any atom is 0.150 e. The van der Waals surface area contributed by atoms with Gasteiger partial charge in [0, 0.05) is 18.3 Å². The second-order valence-electron chi connectivity index (χ2n) is 6.60. The molecule has 118 valence electrons. The molecule has 2 unspecified atom stereocenters. The van der Waals surface area contributed by atoms with Crippen LogP contribution >= 0.6 is 0 Å². The summed E-state index contributed by atoms with van der Waals surface area (Å²) < 4.78 is 23.4. The number of sulfone groups is 1. The van der Waals surface area contributed by atoms with Crippen LogP contribution in [-0.2, 0) is 9.84 Å². The Morgan fingerprint density at radius 2 is 1.80 bits per heavy atom. The first-order valence-corrected chi connectivity index (χ1v) is 10.1. The summed E-state index contributed by atoms with van der Waals surface area (Å²) in [5.41, 5.74) is 0. The molecule has 1 aliphatic heterocycles. The number of rotatable bonds is 5. The Morgan fingerprint density at radius 3 is 2.40 bits per heavy atom. The highest BCUT2D eigenvalue weighted by atomic mass is 32.2. The minimum Gasteiger partial charge on any atom is -0.311 e. The van der Waals surface area contributed by atoms with Crippen molar-refractivity contribution in [1.82, 2.24) is 10.2 Å². The second kappa shape index (κ2) is 7.23. The van der Waals surface area contributed by atoms with Crippen LogP contribution in [-0.4, -0.2) is 56.5 Å². The molecular formula is C15H30N2O2S. The van der Waals surface area contributed by atoms with Crippen LogP contribution in [0.1, 0.15) is 51.9 Å². The van der Waals surface area contributed by atoms with Crippen LogP contribution < -0.4 is 5.32 Å². The van der Waals surface area contributed by atoms with E-state index in [-0.39, 0.29) is 5.25 Å². The van der Waals surface area contributed by atoms with E-state index >= 15 is 0 Å². The molecule has 1 saturated carbocycles. The van der Waals surface area contributed by atoms with Crippen LogP contribution in [0.2, 0.25) is 0 Å². The van der Waals surface area contributed by atoms with Gasteiger partial charge in [-0.1, -0.05) is 13.3 Å². The fourth-order valence-corrected chi connectivity index (χ4v) is 4.83. The molecule has 2 rings (SSSR count). The van der Waals surface area contributed by atoms with Gasteiger partial charge >= 0.3 is 0 Å². The molecule has 0 amide bonds. The first kappa shape index (κ1) is 16.2. The first-order chi connectivity index (χ1) is 9.49. The summed E-state index contributed by atoms with van der Waals surface area (Å²) in [5, 5.41) is 3.61. The molecule has 0 aromatic carbocycles. The molecule has 20 heavy (non-hydrogen) atoms. The summed E-state index contributed by atoms with van der Waals surface area (Å²) in [7, 11) is -2.86. The summed E-state index contributed by atoms with van der Waals surface area (Å²) >= 11 is 0. The average molecular weight is 302 g/mol. The smallest absolute Gasteiger partial charge is 0.150 e. The van der Waals surface area contributed by atoms with Crippen molar-refractivity contribution in [3.63, 3.8) is 0 Å². The standard InChI is InChI=1S/C15H30N2O2S/c1-3-9-17-10-7-13(8-11-17)16-14-5-4-6-15(12-14)20(2,18)19/h13-16H,3-12H2,1-2H3. The lowest BCUT2D eigenvalue weighted by Gasteiger charge is -2.36. The second-order valence-corrected chi connectivity index (χ2v) is 8.92. The van der Waals surface area contributed by atoms with Gasteiger partial charge in [0.25, 0.3) is 0 Å². The molecule has 1 heterocycles. The number of likely N-dealkylation sites (tertiary alicyclic amines) is 1. The lowest BCUT2D eigenvalue weighted by molar-refractivity contribution is 0.184. The lowest BCUT2D eigenvalue weighted by Crippen LogP contribution is -2.48. The quantitative estimate of drug-likeness (QED) is 0.841. The van der Waals surface area contributed by atoms with E-state index in [4.69, 9.17) is 0 Å². The first-order valence-electron chi connectivity index (χ1n) is 8.16. The fraction of sp³-hybridized carbons (Fsp3) is 1.00. The van der Waals surface area contributed by atoms with Gasteiger partial charge in [-0.3, -0.25) is 0 Å². The van der Waals surface area contributed by atoms with E-state index in [0.717, 1.165) is 25.7 Å². The molecule has 0 aromatic heterocycles. The van der Waals surface area contributed by atoms with Crippen LogP contribution in [0.3, 0.4) is 0 Å². The highest BCUT2D eigenvalue weighted by Gasteiger charge is 2.30. The Kier molecular flexibility index (Phi) is 5.87. The molecule has 1 N–H and O–H groups in total. The average Bonchev–Trinajstić information content (AvgIpc) is 2.41. The summed E-state index contributed by atoms with van der Waals surface area (Å²) in [6.45, 7) is 5.82. The molecule has 2 atom stereocenters. The third-order valence-electron chi connectivity index (χ3n) is 4.83. The van der Waals surface area contributed by atoms with Crippen LogP contribution in [0.25, 0.3) is 0 Å². The van der Waals surface area contributed by atoms with Crippen molar-refractivity contribution in [1.29, 1.82) is 0 Å². The van der Waals surface area contributed by atoms with E-state index in [9.17, 15) is 8.42 Å². The van der Waals surface area contributed by atoms with Crippen molar-refractivity contribution in [2.45, 2.75) is 69.2 Å². The Labute approximate surface area is 124 Å². The SMILES string of the molecule is CCCN1CCC(NC2CCCC(S(C)(=O)=O)C2)CC1. The van der Waals surface area contributed by atoms with Gasteiger partial charge in [-0.2, -0.15) is 0 Å². The molecule has 0 aromatic rings. The lowest BCUT2D eigenvalue weighted by atomic mass is 9.93. The van der Waals surface area contributed by atoms with E-state index in [1.807, 2.05) is 0 Å². The highest BCUT2D eigenvalue weighted by molar-refractivity contribution is 7.91. The molecule has 5 heteroatoms. The predicted molar refractivity (Wildman–Crippen MR) is 83.8 cm³/mol. The van der Waals surface area contributed by atoms with Crippen molar-refractivity contribution in [3.8, 4) is 0 Å². The van der Waals surface area contributed by atoms with Crippen LogP contribution in [0, 0.1) is 0 Å². The molecule has 4 nitrogen and oxygen atoms in total. The normalized spacial score (nSPS) is 30.5. The van der Waals surface area contributed by atoms with Gasteiger partial charge in [-0.25, -0.2) is 8.42 Å². The minimum absolute atomic E-state index is 0.117. The third kappa shape index (κ3) is 4.71. The Balaban J connectivity index is 1.77. The Hall–Kier alpha value is -0.130. The van der Waals surface area contributed by atoms with Crippen LogP contribution in [0.5, 0.6) is 0 Å².